The van der Waals surface area contributed by atoms with Crippen molar-refractivity contribution < 1.29 is 9.53 Å². The molecular formula is C19H18N2O2. The van der Waals surface area contributed by atoms with E-state index in [1.165, 1.54) is 0 Å². The van der Waals surface area contributed by atoms with Crippen molar-refractivity contribution >= 4 is 22.5 Å². The van der Waals surface area contributed by atoms with Crippen LogP contribution in [0.25, 0.3) is 10.9 Å². The Hall–Kier alpha value is -2.88. The summed E-state index contributed by atoms with van der Waals surface area (Å²) in [5, 5.41) is 0.948. The molecule has 0 bridgehead atoms. The molecule has 0 aliphatic heterocycles. The number of aromatic nitrogens is 1. The molecular weight excluding hydrogens is 288 g/mol. The van der Waals surface area contributed by atoms with E-state index in [0.717, 1.165) is 22.3 Å². The first kappa shape index (κ1) is 15.0. The van der Waals surface area contributed by atoms with Gasteiger partial charge in [-0.2, -0.15) is 0 Å². The molecule has 1 aromatic heterocycles. The number of ether oxygens (including phenoxy) is 1. The van der Waals surface area contributed by atoms with Crippen molar-refractivity contribution in [3.05, 3.63) is 66.4 Å². The second-order valence-electron chi connectivity index (χ2n) is 5.14. The van der Waals surface area contributed by atoms with Crippen LogP contribution in [0.2, 0.25) is 0 Å². The van der Waals surface area contributed by atoms with E-state index in [0.29, 0.717) is 12.2 Å². The quantitative estimate of drug-likeness (QED) is 0.734. The lowest BCUT2D eigenvalue weighted by atomic mass is 10.1. The zero-order chi connectivity index (χ0) is 16.2. The maximum absolute atomic E-state index is 12.8. The largest absolute Gasteiger partial charge is 0.497 e. The van der Waals surface area contributed by atoms with Crippen molar-refractivity contribution in [2.75, 3.05) is 18.6 Å². The number of fused-ring (bicyclic) bond motifs is 1. The maximum atomic E-state index is 12.8. The van der Waals surface area contributed by atoms with Gasteiger partial charge in [0.2, 0.25) is 0 Å². The van der Waals surface area contributed by atoms with Crippen LogP contribution in [0, 0.1) is 0 Å². The Kier molecular flexibility index (Phi) is 4.24. The minimum Gasteiger partial charge on any atom is -0.497 e. The van der Waals surface area contributed by atoms with Crippen molar-refractivity contribution in [2.24, 2.45) is 0 Å². The highest BCUT2D eigenvalue weighted by atomic mass is 16.5. The summed E-state index contributed by atoms with van der Waals surface area (Å²) in [5.41, 5.74) is 2.09. The second-order valence-corrected chi connectivity index (χ2v) is 5.14. The highest BCUT2D eigenvalue weighted by Gasteiger charge is 2.17. The predicted molar refractivity (Wildman–Crippen MR) is 92.1 cm³/mol. The van der Waals surface area contributed by atoms with Crippen molar-refractivity contribution in [1.29, 1.82) is 0 Å². The van der Waals surface area contributed by atoms with E-state index in [1.54, 1.807) is 18.1 Å². The van der Waals surface area contributed by atoms with Crippen molar-refractivity contribution in [1.82, 2.24) is 4.98 Å². The van der Waals surface area contributed by atoms with Crippen molar-refractivity contribution in [3.8, 4) is 5.75 Å². The van der Waals surface area contributed by atoms with Gasteiger partial charge in [-0.05, 0) is 43.3 Å². The van der Waals surface area contributed by atoms with E-state index in [2.05, 4.69) is 4.98 Å². The molecule has 4 nitrogen and oxygen atoms in total. The van der Waals surface area contributed by atoms with Crippen LogP contribution in [-0.4, -0.2) is 24.5 Å². The number of hydrogen-bond acceptors (Lipinski definition) is 3. The summed E-state index contributed by atoms with van der Waals surface area (Å²) in [7, 11) is 1.63. The summed E-state index contributed by atoms with van der Waals surface area (Å²) in [6, 6.07) is 18.9. The van der Waals surface area contributed by atoms with E-state index < -0.39 is 0 Å². The van der Waals surface area contributed by atoms with Gasteiger partial charge in [-0.25, -0.2) is 4.98 Å². The van der Waals surface area contributed by atoms with Crippen LogP contribution in [0.15, 0.2) is 60.7 Å². The summed E-state index contributed by atoms with van der Waals surface area (Å²) >= 11 is 0. The molecule has 1 amide bonds. The molecule has 0 aliphatic rings. The Morgan fingerprint density at radius 1 is 1.09 bits per heavy atom. The highest BCUT2D eigenvalue weighted by Crippen LogP contribution is 2.21. The number of nitrogens with zero attached hydrogens (tertiary/aromatic N) is 2. The lowest BCUT2D eigenvalue weighted by Gasteiger charge is -2.20. The molecule has 4 heteroatoms. The molecule has 0 radical (unpaired) electrons. The van der Waals surface area contributed by atoms with Crippen molar-refractivity contribution in [3.63, 3.8) is 0 Å². The van der Waals surface area contributed by atoms with E-state index >= 15 is 0 Å². The number of pyridine rings is 1. The number of benzene rings is 2. The molecule has 0 fully saturated rings. The minimum absolute atomic E-state index is 0.101. The van der Waals surface area contributed by atoms with Crippen LogP contribution in [-0.2, 0) is 0 Å². The number of para-hydroxylation sites is 1. The molecule has 0 unspecified atom stereocenters. The lowest BCUT2D eigenvalue weighted by molar-refractivity contribution is 0.0984. The molecule has 0 saturated heterocycles. The van der Waals surface area contributed by atoms with Crippen molar-refractivity contribution in [2.45, 2.75) is 6.92 Å². The number of carbonyl (C=O) groups excluding carboxylic acids is 1. The van der Waals surface area contributed by atoms with Crippen LogP contribution in [0.3, 0.4) is 0 Å². The number of carbonyl (C=O) groups is 1. The number of hydrogen-bond donors (Lipinski definition) is 0. The molecule has 2 aromatic carbocycles. The van der Waals surface area contributed by atoms with Gasteiger partial charge in [-0.15, -0.1) is 0 Å². The summed E-state index contributed by atoms with van der Waals surface area (Å²) in [4.78, 5) is 19.0. The molecule has 0 saturated carbocycles. The Balaban J connectivity index is 1.96. The first-order valence-corrected chi connectivity index (χ1v) is 7.54. The van der Waals surface area contributed by atoms with E-state index in [9.17, 15) is 4.79 Å². The Morgan fingerprint density at radius 2 is 1.87 bits per heavy atom. The smallest absolute Gasteiger partial charge is 0.276 e. The molecule has 0 aliphatic carbocycles. The third-order valence-corrected chi connectivity index (χ3v) is 3.74. The van der Waals surface area contributed by atoms with Gasteiger partial charge in [-0.3, -0.25) is 4.79 Å². The van der Waals surface area contributed by atoms with E-state index in [-0.39, 0.29) is 5.91 Å². The molecule has 116 valence electrons. The van der Waals surface area contributed by atoms with E-state index in [1.807, 2.05) is 61.5 Å². The number of methoxy groups -OCH3 is 1. The average Bonchev–Trinajstić information content (AvgIpc) is 2.62. The van der Waals surface area contributed by atoms with Crippen LogP contribution >= 0.6 is 0 Å². The minimum atomic E-state index is -0.101. The fraction of sp³-hybridized carbons (Fsp3) is 0.158. The molecule has 3 aromatic rings. The SMILES string of the molecule is CCN(C(=O)c1ccc2cc(OC)ccc2n1)c1ccccc1. The van der Waals surface area contributed by atoms with Gasteiger partial charge in [0, 0.05) is 17.6 Å². The van der Waals surface area contributed by atoms with Gasteiger partial charge < -0.3 is 9.64 Å². The second kappa shape index (κ2) is 6.48. The highest BCUT2D eigenvalue weighted by molar-refractivity contribution is 6.05. The third kappa shape index (κ3) is 3.01. The number of rotatable bonds is 4. The fourth-order valence-corrected chi connectivity index (χ4v) is 2.54. The fourth-order valence-electron chi connectivity index (χ4n) is 2.54. The maximum Gasteiger partial charge on any atom is 0.276 e. The van der Waals surface area contributed by atoms with Gasteiger partial charge in [0.25, 0.3) is 5.91 Å². The molecule has 0 spiro atoms. The molecule has 0 N–H and O–H groups in total. The standard InChI is InChI=1S/C19H18N2O2/c1-3-21(15-7-5-4-6-8-15)19(22)18-11-9-14-13-16(23-2)10-12-17(14)20-18/h4-13H,3H2,1-2H3. The van der Waals surface area contributed by atoms with Crippen LogP contribution in [0.5, 0.6) is 5.75 Å². The van der Waals surface area contributed by atoms with Crippen LogP contribution in [0.1, 0.15) is 17.4 Å². The van der Waals surface area contributed by atoms with Gasteiger partial charge in [0.15, 0.2) is 0 Å². The summed E-state index contributed by atoms with van der Waals surface area (Å²) in [6.45, 7) is 2.54. The first-order valence-electron chi connectivity index (χ1n) is 7.54. The lowest BCUT2D eigenvalue weighted by Crippen LogP contribution is -2.31. The zero-order valence-corrected chi connectivity index (χ0v) is 13.2. The van der Waals surface area contributed by atoms with Crippen LogP contribution < -0.4 is 9.64 Å². The topological polar surface area (TPSA) is 42.4 Å². The Labute approximate surface area is 135 Å². The summed E-state index contributed by atoms with van der Waals surface area (Å²) < 4.78 is 5.21. The normalized spacial score (nSPS) is 10.5. The molecule has 1 heterocycles. The Morgan fingerprint density at radius 3 is 2.57 bits per heavy atom. The summed E-state index contributed by atoms with van der Waals surface area (Å²) in [5.74, 6) is 0.675. The zero-order valence-electron chi connectivity index (χ0n) is 13.2. The van der Waals surface area contributed by atoms with Gasteiger partial charge in [0.1, 0.15) is 11.4 Å². The molecule has 23 heavy (non-hydrogen) atoms. The van der Waals surface area contributed by atoms with Gasteiger partial charge in [0.05, 0.1) is 12.6 Å². The average molecular weight is 306 g/mol. The summed E-state index contributed by atoms with van der Waals surface area (Å²) in [6.07, 6.45) is 0. The predicted octanol–water partition coefficient (Wildman–Crippen LogP) is 3.91. The molecule has 0 atom stereocenters. The third-order valence-electron chi connectivity index (χ3n) is 3.74. The van der Waals surface area contributed by atoms with Crippen LogP contribution in [0.4, 0.5) is 5.69 Å². The molecule has 3 rings (SSSR count). The van der Waals surface area contributed by atoms with Gasteiger partial charge >= 0.3 is 0 Å². The van der Waals surface area contributed by atoms with Gasteiger partial charge in [-0.1, -0.05) is 24.3 Å². The van der Waals surface area contributed by atoms with E-state index in [4.69, 9.17) is 4.74 Å². The first-order chi connectivity index (χ1) is 11.2. The monoisotopic (exact) mass is 306 g/mol. The Bertz CT molecular complexity index is 831. The number of anilines is 1. The number of amides is 1.